The molecule has 0 amide bonds. The molecule has 1 N–H and O–H groups in total. The number of nitrogens with one attached hydrogen (secondary N) is 1. The number of anilines is 1. The average molecular weight is 296 g/mol. The minimum Gasteiger partial charge on any atom is -0.495 e. The summed E-state index contributed by atoms with van der Waals surface area (Å²) in [5, 5.41) is 3.54. The first-order valence-electron chi connectivity index (χ1n) is 5.94. The zero-order chi connectivity index (χ0) is 14.9. The topological polar surface area (TPSA) is 81.4 Å². The van der Waals surface area contributed by atoms with Gasteiger partial charge >= 0.3 is 0 Å². The second kappa shape index (κ2) is 5.16. The summed E-state index contributed by atoms with van der Waals surface area (Å²) in [5.41, 5.74) is 1.91. The maximum Gasteiger partial charge on any atom is 0.265 e. The lowest BCUT2D eigenvalue weighted by Gasteiger charge is -2.13. The number of benzene rings is 1. The fourth-order valence-electron chi connectivity index (χ4n) is 1.97. The van der Waals surface area contributed by atoms with E-state index in [9.17, 15) is 8.42 Å². The van der Waals surface area contributed by atoms with Crippen molar-refractivity contribution >= 4 is 15.7 Å². The molecule has 6 nitrogen and oxygen atoms in total. The van der Waals surface area contributed by atoms with Crippen LogP contribution in [0.2, 0.25) is 0 Å². The third-order valence-electron chi connectivity index (χ3n) is 2.87. The Balaban J connectivity index is 2.52. The maximum atomic E-state index is 12.5. The van der Waals surface area contributed by atoms with E-state index in [4.69, 9.17) is 9.26 Å². The van der Waals surface area contributed by atoms with E-state index in [1.807, 2.05) is 13.0 Å². The lowest BCUT2D eigenvalue weighted by atomic mass is 10.1. The normalized spacial score (nSPS) is 11.4. The minimum absolute atomic E-state index is 0.0955. The molecule has 0 saturated heterocycles. The second-order valence-corrected chi connectivity index (χ2v) is 6.17. The number of hydrogen-bond acceptors (Lipinski definition) is 5. The van der Waals surface area contributed by atoms with Gasteiger partial charge < -0.3 is 9.26 Å². The van der Waals surface area contributed by atoms with Crippen LogP contribution in [-0.2, 0) is 10.0 Å². The molecule has 0 fully saturated rings. The summed E-state index contributed by atoms with van der Waals surface area (Å²) in [6.45, 7) is 5.26. The van der Waals surface area contributed by atoms with Crippen molar-refractivity contribution in [3.05, 3.63) is 35.2 Å². The lowest BCUT2D eigenvalue weighted by molar-refractivity contribution is 0.397. The second-order valence-electron chi connectivity index (χ2n) is 4.51. The third kappa shape index (κ3) is 2.62. The van der Waals surface area contributed by atoms with E-state index in [1.165, 1.54) is 13.3 Å². The van der Waals surface area contributed by atoms with E-state index in [1.54, 1.807) is 19.9 Å². The lowest BCUT2D eigenvalue weighted by Crippen LogP contribution is -2.15. The number of nitrogens with zero attached hydrogens (tertiary/aromatic N) is 1. The molecule has 0 aliphatic carbocycles. The van der Waals surface area contributed by atoms with Crippen LogP contribution in [-0.4, -0.2) is 20.7 Å². The molecule has 1 aromatic carbocycles. The Kier molecular flexibility index (Phi) is 3.71. The van der Waals surface area contributed by atoms with Crippen LogP contribution < -0.4 is 9.46 Å². The van der Waals surface area contributed by atoms with Gasteiger partial charge in [-0.3, -0.25) is 4.72 Å². The van der Waals surface area contributed by atoms with E-state index in [2.05, 4.69) is 9.88 Å². The Labute approximate surface area is 117 Å². The van der Waals surface area contributed by atoms with E-state index < -0.39 is 10.0 Å². The molecule has 0 aliphatic rings. The first-order valence-corrected chi connectivity index (χ1v) is 7.43. The Hall–Kier alpha value is -2.02. The molecule has 0 unspecified atom stereocenters. The van der Waals surface area contributed by atoms with Crippen LogP contribution in [0.15, 0.2) is 27.7 Å². The SMILES string of the molecule is COc1c(C)cc(C)cc1S(=O)(=O)Nc1cnoc1C. The van der Waals surface area contributed by atoms with Gasteiger partial charge in [-0.1, -0.05) is 11.2 Å². The number of aryl methyl sites for hydroxylation is 3. The van der Waals surface area contributed by atoms with Gasteiger partial charge in [-0.05, 0) is 38.0 Å². The van der Waals surface area contributed by atoms with Crippen molar-refractivity contribution in [3.63, 3.8) is 0 Å². The molecule has 0 atom stereocenters. The molecule has 2 aromatic rings. The highest BCUT2D eigenvalue weighted by Crippen LogP contribution is 2.30. The van der Waals surface area contributed by atoms with E-state index >= 15 is 0 Å². The van der Waals surface area contributed by atoms with Crippen LogP contribution >= 0.6 is 0 Å². The van der Waals surface area contributed by atoms with Crippen molar-refractivity contribution in [1.82, 2.24) is 5.16 Å². The predicted octanol–water partition coefficient (Wildman–Crippen LogP) is 2.41. The first kappa shape index (κ1) is 14.4. The van der Waals surface area contributed by atoms with Crippen LogP contribution in [0.4, 0.5) is 5.69 Å². The van der Waals surface area contributed by atoms with Gasteiger partial charge in [-0.15, -0.1) is 0 Å². The Bertz CT molecular complexity index is 735. The van der Waals surface area contributed by atoms with Crippen LogP contribution in [0.1, 0.15) is 16.9 Å². The fourth-order valence-corrected chi connectivity index (χ4v) is 3.40. The van der Waals surface area contributed by atoms with Crippen molar-refractivity contribution in [2.24, 2.45) is 0 Å². The van der Waals surface area contributed by atoms with E-state index in [0.29, 0.717) is 17.2 Å². The number of rotatable bonds is 4. The van der Waals surface area contributed by atoms with Crippen LogP contribution in [0.5, 0.6) is 5.75 Å². The largest absolute Gasteiger partial charge is 0.495 e. The molecule has 1 aromatic heterocycles. The first-order chi connectivity index (χ1) is 9.35. The van der Waals surface area contributed by atoms with Crippen LogP contribution in [0.25, 0.3) is 0 Å². The zero-order valence-electron chi connectivity index (χ0n) is 11.7. The molecule has 108 valence electrons. The van der Waals surface area contributed by atoms with Crippen molar-refractivity contribution < 1.29 is 17.7 Å². The molecule has 0 radical (unpaired) electrons. The molecular formula is C13H16N2O4S. The van der Waals surface area contributed by atoms with Crippen molar-refractivity contribution in [3.8, 4) is 5.75 Å². The predicted molar refractivity (Wildman–Crippen MR) is 74.5 cm³/mol. The van der Waals surface area contributed by atoms with E-state index in [-0.39, 0.29) is 4.90 Å². The summed E-state index contributed by atoms with van der Waals surface area (Å²) < 4.78 is 37.4. The molecule has 0 aliphatic heterocycles. The summed E-state index contributed by atoms with van der Waals surface area (Å²) in [5.74, 6) is 0.731. The van der Waals surface area contributed by atoms with Gasteiger partial charge in [0.15, 0.2) is 5.76 Å². The number of aromatic nitrogens is 1. The molecule has 1 heterocycles. The highest BCUT2D eigenvalue weighted by molar-refractivity contribution is 7.92. The summed E-state index contributed by atoms with van der Waals surface area (Å²) >= 11 is 0. The monoisotopic (exact) mass is 296 g/mol. The highest BCUT2D eigenvalue weighted by atomic mass is 32.2. The molecule has 0 spiro atoms. The Morgan fingerprint density at radius 2 is 1.95 bits per heavy atom. The molecule has 20 heavy (non-hydrogen) atoms. The van der Waals surface area contributed by atoms with Gasteiger partial charge in [0.25, 0.3) is 10.0 Å². The Morgan fingerprint density at radius 1 is 1.25 bits per heavy atom. The van der Waals surface area contributed by atoms with Crippen molar-refractivity contribution in [2.75, 3.05) is 11.8 Å². The number of methoxy groups -OCH3 is 1. The van der Waals surface area contributed by atoms with Gasteiger partial charge in [0, 0.05) is 0 Å². The van der Waals surface area contributed by atoms with Gasteiger partial charge in [0.05, 0.1) is 13.3 Å². The summed E-state index contributed by atoms with van der Waals surface area (Å²) in [7, 11) is -2.32. The van der Waals surface area contributed by atoms with Crippen molar-refractivity contribution in [2.45, 2.75) is 25.7 Å². The average Bonchev–Trinajstić information content (AvgIpc) is 2.73. The smallest absolute Gasteiger partial charge is 0.265 e. The highest BCUT2D eigenvalue weighted by Gasteiger charge is 2.23. The number of sulfonamides is 1. The standard InChI is InChI=1S/C13H16N2O4S/c1-8-5-9(2)13(18-4)12(6-8)20(16,17)15-11-7-14-19-10(11)3/h5-7,15H,1-4H3. The van der Waals surface area contributed by atoms with E-state index in [0.717, 1.165) is 11.1 Å². The molecule has 0 saturated carbocycles. The van der Waals surface area contributed by atoms with Gasteiger partial charge in [-0.25, -0.2) is 8.42 Å². The van der Waals surface area contributed by atoms with Crippen molar-refractivity contribution in [1.29, 1.82) is 0 Å². The van der Waals surface area contributed by atoms with Gasteiger partial charge in [-0.2, -0.15) is 0 Å². The number of ether oxygens (including phenoxy) is 1. The summed E-state index contributed by atoms with van der Waals surface area (Å²) in [4.78, 5) is 0.0955. The van der Waals surface area contributed by atoms with Crippen LogP contribution in [0.3, 0.4) is 0 Å². The molecule has 0 bridgehead atoms. The number of hydrogen-bond donors (Lipinski definition) is 1. The third-order valence-corrected chi connectivity index (χ3v) is 4.24. The quantitative estimate of drug-likeness (QED) is 0.937. The Morgan fingerprint density at radius 3 is 2.50 bits per heavy atom. The zero-order valence-corrected chi connectivity index (χ0v) is 12.5. The summed E-state index contributed by atoms with van der Waals surface area (Å²) in [6, 6.07) is 3.43. The molecule has 7 heteroatoms. The molecule has 2 rings (SSSR count). The fraction of sp³-hybridized carbons (Fsp3) is 0.308. The molecular weight excluding hydrogens is 280 g/mol. The minimum atomic E-state index is -3.77. The van der Waals surface area contributed by atoms with Gasteiger partial charge in [0.2, 0.25) is 0 Å². The maximum absolute atomic E-state index is 12.5. The van der Waals surface area contributed by atoms with Gasteiger partial charge in [0.1, 0.15) is 16.3 Å². The van der Waals surface area contributed by atoms with Crippen LogP contribution in [0, 0.1) is 20.8 Å². The summed E-state index contributed by atoms with van der Waals surface area (Å²) in [6.07, 6.45) is 1.32.